The zero-order valence-electron chi connectivity index (χ0n) is 17.7. The molecule has 2 aromatic heterocycles. The maximum atomic E-state index is 13.5. The zero-order valence-corrected chi connectivity index (χ0v) is 20.1. The molecule has 33 heavy (non-hydrogen) atoms. The highest BCUT2D eigenvalue weighted by atomic mass is 79.9. The van der Waals surface area contributed by atoms with E-state index in [2.05, 4.69) is 26.0 Å². The lowest BCUT2D eigenvalue weighted by atomic mass is 9.82. The van der Waals surface area contributed by atoms with Crippen molar-refractivity contribution in [3.05, 3.63) is 86.4 Å². The van der Waals surface area contributed by atoms with Gasteiger partial charge in [-0.1, -0.05) is 39.4 Å². The van der Waals surface area contributed by atoms with Crippen LogP contribution in [0.25, 0.3) is 15.6 Å². The van der Waals surface area contributed by atoms with Crippen molar-refractivity contribution in [3.8, 4) is 33.5 Å². The van der Waals surface area contributed by atoms with Crippen molar-refractivity contribution in [3.63, 3.8) is 0 Å². The van der Waals surface area contributed by atoms with Crippen molar-refractivity contribution >= 4 is 27.3 Å². The van der Waals surface area contributed by atoms with E-state index in [1.165, 1.54) is 16.0 Å². The van der Waals surface area contributed by atoms with Gasteiger partial charge in [0, 0.05) is 27.8 Å². The molecule has 1 atom stereocenters. The maximum Gasteiger partial charge on any atom is 0.277 e. The van der Waals surface area contributed by atoms with Crippen molar-refractivity contribution in [1.29, 1.82) is 10.5 Å². The monoisotopic (exact) mass is 519 g/mol. The molecule has 0 saturated carbocycles. The summed E-state index contributed by atoms with van der Waals surface area (Å²) in [6, 6.07) is 19.0. The number of benzene rings is 2. The second kappa shape index (κ2) is 9.45. The number of aromatic amines is 1. The minimum Gasteiger partial charge on any atom is -0.497 e. The molecule has 1 N–H and O–H groups in total. The van der Waals surface area contributed by atoms with Gasteiger partial charge in [-0.05, 0) is 54.4 Å². The van der Waals surface area contributed by atoms with Crippen LogP contribution in [0.15, 0.2) is 64.0 Å². The Bertz CT molecular complexity index is 1410. The summed E-state index contributed by atoms with van der Waals surface area (Å²) in [4.78, 5) is 18.8. The molecule has 9 heteroatoms. The third-order valence-corrected chi connectivity index (χ3v) is 6.89. The molecule has 2 aromatic carbocycles. The van der Waals surface area contributed by atoms with Gasteiger partial charge in [0.25, 0.3) is 5.56 Å². The molecule has 0 aliphatic rings. The van der Waals surface area contributed by atoms with Crippen molar-refractivity contribution < 1.29 is 4.74 Å². The van der Waals surface area contributed by atoms with Crippen molar-refractivity contribution in [2.45, 2.75) is 12.8 Å². The first-order valence-electron chi connectivity index (χ1n) is 9.93. The zero-order chi connectivity index (χ0) is 23.5. The maximum absolute atomic E-state index is 13.5. The molecule has 164 valence electrons. The predicted molar refractivity (Wildman–Crippen MR) is 129 cm³/mol. The third-order valence-electron chi connectivity index (χ3n) is 5.33. The standard InChI is InChI=1S/C24H18BrN5O2S/c1-14-21(22(17(11-26)12-27)16-3-7-18(25)8-4-16)23(31)30(29-14)24-28-13-20(33-24)15-5-9-19(32-2)10-6-15/h3-10,13,17,22,29H,1-2H3/t22-/m1/s1. The lowest BCUT2D eigenvalue weighted by Crippen LogP contribution is -2.23. The first-order chi connectivity index (χ1) is 16.0. The number of aromatic nitrogens is 3. The lowest BCUT2D eigenvalue weighted by Gasteiger charge is -2.17. The Morgan fingerprint density at radius 2 is 1.79 bits per heavy atom. The second-order valence-electron chi connectivity index (χ2n) is 7.29. The first-order valence-corrected chi connectivity index (χ1v) is 11.5. The molecule has 0 bridgehead atoms. The van der Waals surface area contributed by atoms with E-state index in [9.17, 15) is 15.3 Å². The van der Waals surface area contributed by atoms with Gasteiger partial charge in [-0.3, -0.25) is 9.89 Å². The average Bonchev–Trinajstić information content (AvgIpc) is 3.43. The fraction of sp³-hybridized carbons (Fsp3) is 0.167. The lowest BCUT2D eigenvalue weighted by molar-refractivity contribution is 0.415. The number of nitrogens with one attached hydrogen (secondary N) is 1. The van der Waals surface area contributed by atoms with E-state index < -0.39 is 11.8 Å². The SMILES string of the molecule is COc1ccc(-c2cnc(-n3[nH]c(C)c([C@H](c4ccc(Br)cc4)C(C#N)C#N)c3=O)s2)cc1. The second-order valence-corrected chi connectivity index (χ2v) is 9.22. The smallest absolute Gasteiger partial charge is 0.277 e. The van der Waals surface area contributed by atoms with Gasteiger partial charge in [0.2, 0.25) is 5.13 Å². The van der Waals surface area contributed by atoms with Gasteiger partial charge in [-0.25, -0.2) is 4.98 Å². The minimum atomic E-state index is -1.02. The molecule has 4 rings (SSSR count). The Hall–Kier alpha value is -3.66. The molecule has 0 saturated heterocycles. The summed E-state index contributed by atoms with van der Waals surface area (Å²) in [7, 11) is 1.61. The van der Waals surface area contributed by atoms with E-state index in [0.29, 0.717) is 16.4 Å². The number of hydrogen-bond acceptors (Lipinski definition) is 6. The average molecular weight is 520 g/mol. The summed E-state index contributed by atoms with van der Waals surface area (Å²) in [5.41, 5.74) is 2.32. The summed E-state index contributed by atoms with van der Waals surface area (Å²) in [5, 5.41) is 22.8. The van der Waals surface area contributed by atoms with Crippen LogP contribution in [0.5, 0.6) is 5.75 Å². The van der Waals surface area contributed by atoms with Crippen LogP contribution in [0, 0.1) is 35.5 Å². The van der Waals surface area contributed by atoms with E-state index in [1.807, 2.05) is 60.7 Å². The number of nitrogens with zero attached hydrogens (tertiary/aromatic N) is 4. The Morgan fingerprint density at radius 3 is 2.39 bits per heavy atom. The number of nitriles is 2. The van der Waals surface area contributed by atoms with Gasteiger partial charge in [-0.15, -0.1) is 0 Å². The van der Waals surface area contributed by atoms with Crippen molar-refractivity contribution in [2.75, 3.05) is 7.11 Å². The fourth-order valence-electron chi connectivity index (χ4n) is 3.69. The topological polar surface area (TPSA) is 107 Å². The number of ether oxygens (including phenoxy) is 1. The number of thiazole rings is 1. The van der Waals surface area contributed by atoms with E-state index >= 15 is 0 Å². The van der Waals surface area contributed by atoms with E-state index in [-0.39, 0.29) is 5.56 Å². The minimum absolute atomic E-state index is 0.327. The van der Waals surface area contributed by atoms with Gasteiger partial charge < -0.3 is 4.74 Å². The number of rotatable bonds is 6. The molecule has 0 fully saturated rings. The Labute approximate surface area is 202 Å². The Balaban J connectivity index is 1.78. The van der Waals surface area contributed by atoms with Crippen LogP contribution in [0.1, 0.15) is 22.7 Å². The Morgan fingerprint density at radius 1 is 1.12 bits per heavy atom. The van der Waals surface area contributed by atoms with Gasteiger partial charge in [0.05, 0.1) is 24.1 Å². The summed E-state index contributed by atoms with van der Waals surface area (Å²) in [6.07, 6.45) is 1.71. The molecule has 7 nitrogen and oxygen atoms in total. The normalized spacial score (nSPS) is 11.7. The van der Waals surface area contributed by atoms with Crippen LogP contribution < -0.4 is 10.3 Å². The Kier molecular flexibility index (Phi) is 6.45. The van der Waals surface area contributed by atoms with E-state index in [4.69, 9.17) is 4.74 Å². The molecule has 0 spiro atoms. The largest absolute Gasteiger partial charge is 0.497 e. The van der Waals surface area contributed by atoms with Crippen molar-refractivity contribution in [1.82, 2.24) is 14.8 Å². The third kappa shape index (κ3) is 4.34. The fourth-order valence-corrected chi connectivity index (χ4v) is 4.84. The summed E-state index contributed by atoms with van der Waals surface area (Å²) in [6.45, 7) is 1.77. The van der Waals surface area contributed by atoms with Gasteiger partial charge in [-0.2, -0.15) is 15.2 Å². The number of aryl methyl sites for hydroxylation is 1. The molecule has 0 aliphatic heterocycles. The number of H-pyrrole nitrogens is 1. The number of hydrogen-bond donors (Lipinski definition) is 1. The molecule has 0 radical (unpaired) electrons. The molecule has 0 unspecified atom stereocenters. The molecule has 2 heterocycles. The van der Waals surface area contributed by atoms with Crippen LogP contribution in [0.2, 0.25) is 0 Å². The number of methoxy groups -OCH3 is 1. The van der Waals surface area contributed by atoms with Crippen molar-refractivity contribution in [2.24, 2.45) is 5.92 Å². The van der Waals surface area contributed by atoms with Crippen LogP contribution in [-0.4, -0.2) is 21.9 Å². The molecule has 4 aromatic rings. The van der Waals surface area contributed by atoms with Gasteiger partial charge in [0.1, 0.15) is 11.7 Å². The highest BCUT2D eigenvalue weighted by Crippen LogP contribution is 2.34. The number of halogens is 1. The molecular weight excluding hydrogens is 502 g/mol. The molecule has 0 aliphatic carbocycles. The highest BCUT2D eigenvalue weighted by molar-refractivity contribution is 9.10. The van der Waals surface area contributed by atoms with Crippen LogP contribution >= 0.6 is 27.3 Å². The van der Waals surface area contributed by atoms with Crippen LogP contribution in [0.4, 0.5) is 0 Å². The first kappa shape index (κ1) is 22.5. The summed E-state index contributed by atoms with van der Waals surface area (Å²) in [5.74, 6) is -0.958. The van der Waals surface area contributed by atoms with Gasteiger partial charge >= 0.3 is 0 Å². The van der Waals surface area contributed by atoms with E-state index in [0.717, 1.165) is 26.2 Å². The van der Waals surface area contributed by atoms with E-state index in [1.54, 1.807) is 20.2 Å². The predicted octanol–water partition coefficient (Wildman–Crippen LogP) is 5.16. The summed E-state index contributed by atoms with van der Waals surface area (Å²) < 4.78 is 7.45. The molecule has 0 amide bonds. The molecular formula is C24H18BrN5O2S. The summed E-state index contributed by atoms with van der Waals surface area (Å²) >= 11 is 4.76. The van der Waals surface area contributed by atoms with Crippen LogP contribution in [-0.2, 0) is 0 Å². The quantitative estimate of drug-likeness (QED) is 0.378. The van der Waals surface area contributed by atoms with Gasteiger partial charge in [0.15, 0.2) is 0 Å². The highest BCUT2D eigenvalue weighted by Gasteiger charge is 2.31. The van der Waals surface area contributed by atoms with Crippen LogP contribution in [0.3, 0.4) is 0 Å².